The molecule has 3 aromatic rings. The first-order valence-electron chi connectivity index (χ1n) is 7.10. The molecule has 0 fully saturated rings. The molecule has 0 aliphatic rings. The van der Waals surface area contributed by atoms with Crippen molar-refractivity contribution < 1.29 is 18.0 Å². The molecule has 122 valence electrons. The summed E-state index contributed by atoms with van der Waals surface area (Å²) >= 11 is 0. The molecule has 2 heterocycles. The van der Waals surface area contributed by atoms with Crippen molar-refractivity contribution in [3.8, 4) is 11.3 Å². The Hall–Kier alpha value is -3.22. The lowest BCUT2D eigenvalue weighted by atomic mass is 10.2. The summed E-state index contributed by atoms with van der Waals surface area (Å²) in [4.78, 5) is 16.0. The second kappa shape index (κ2) is 6.91. The van der Waals surface area contributed by atoms with Gasteiger partial charge in [-0.25, -0.2) is 13.6 Å². The number of carbonyl (C=O) groups is 1. The second-order valence-electron chi connectivity index (χ2n) is 4.97. The highest BCUT2D eigenvalue weighted by Gasteiger charge is 2.11. The standard InChI is InChI=1S/C17H13F2N3O2/c18-13-2-1-3-14(19)16(13)22-17(23)21-9-11-4-5-15(20-8-11)12-6-7-24-10-12/h1-8,10H,9H2,(H2,21,22,23). The van der Waals surface area contributed by atoms with E-state index in [1.807, 2.05) is 0 Å². The molecule has 0 unspecified atom stereocenters. The molecule has 3 rings (SSSR count). The highest BCUT2D eigenvalue weighted by atomic mass is 19.1. The van der Waals surface area contributed by atoms with Crippen LogP contribution in [0.3, 0.4) is 0 Å². The summed E-state index contributed by atoms with van der Waals surface area (Å²) in [6, 6.07) is 8.01. The van der Waals surface area contributed by atoms with Gasteiger partial charge in [0.05, 0.1) is 18.2 Å². The average molecular weight is 329 g/mol. The number of hydrogen-bond acceptors (Lipinski definition) is 3. The number of benzene rings is 1. The molecule has 0 bridgehead atoms. The number of aromatic nitrogens is 1. The number of rotatable bonds is 4. The van der Waals surface area contributed by atoms with E-state index in [0.29, 0.717) is 0 Å². The largest absolute Gasteiger partial charge is 0.472 e. The Balaban J connectivity index is 1.58. The van der Waals surface area contributed by atoms with Crippen LogP contribution in [0, 0.1) is 11.6 Å². The van der Waals surface area contributed by atoms with E-state index in [2.05, 4.69) is 15.6 Å². The lowest BCUT2D eigenvalue weighted by molar-refractivity contribution is 0.251. The van der Waals surface area contributed by atoms with Crippen molar-refractivity contribution in [1.82, 2.24) is 10.3 Å². The van der Waals surface area contributed by atoms with Crippen LogP contribution < -0.4 is 10.6 Å². The van der Waals surface area contributed by atoms with Crippen molar-refractivity contribution in [2.24, 2.45) is 0 Å². The van der Waals surface area contributed by atoms with E-state index in [1.54, 1.807) is 36.9 Å². The van der Waals surface area contributed by atoms with Crippen LogP contribution in [0.2, 0.25) is 0 Å². The van der Waals surface area contributed by atoms with Gasteiger partial charge in [-0.2, -0.15) is 0 Å². The Kier molecular flexibility index (Phi) is 4.51. The maximum absolute atomic E-state index is 13.5. The first kappa shape index (κ1) is 15.7. The van der Waals surface area contributed by atoms with Crippen LogP contribution >= 0.6 is 0 Å². The molecule has 1 aromatic carbocycles. The quantitative estimate of drug-likeness (QED) is 0.762. The van der Waals surface area contributed by atoms with Gasteiger partial charge in [0, 0.05) is 18.3 Å². The van der Waals surface area contributed by atoms with E-state index >= 15 is 0 Å². The monoisotopic (exact) mass is 329 g/mol. The number of pyridine rings is 1. The minimum atomic E-state index is -0.837. The van der Waals surface area contributed by atoms with E-state index in [9.17, 15) is 13.6 Å². The van der Waals surface area contributed by atoms with Crippen LogP contribution in [0.4, 0.5) is 19.3 Å². The molecule has 0 atom stereocenters. The van der Waals surface area contributed by atoms with Crippen LogP contribution in [0.15, 0.2) is 59.5 Å². The normalized spacial score (nSPS) is 10.4. The van der Waals surface area contributed by atoms with Crippen LogP contribution in [-0.2, 0) is 6.54 Å². The van der Waals surface area contributed by atoms with E-state index in [0.717, 1.165) is 29.0 Å². The van der Waals surface area contributed by atoms with Gasteiger partial charge in [-0.3, -0.25) is 4.98 Å². The highest BCUT2D eigenvalue weighted by Crippen LogP contribution is 2.18. The number of furan rings is 1. The molecular formula is C17H13F2N3O2. The van der Waals surface area contributed by atoms with Crippen molar-refractivity contribution in [2.75, 3.05) is 5.32 Å². The zero-order chi connectivity index (χ0) is 16.9. The number of nitrogens with one attached hydrogen (secondary N) is 2. The molecule has 0 aliphatic carbocycles. The number of anilines is 1. The number of nitrogens with zero attached hydrogens (tertiary/aromatic N) is 1. The molecule has 2 amide bonds. The third-order valence-corrected chi connectivity index (χ3v) is 3.30. The van der Waals surface area contributed by atoms with Crippen molar-refractivity contribution >= 4 is 11.7 Å². The van der Waals surface area contributed by atoms with E-state index in [4.69, 9.17) is 4.42 Å². The zero-order valence-electron chi connectivity index (χ0n) is 12.4. The van der Waals surface area contributed by atoms with Gasteiger partial charge in [0.2, 0.25) is 0 Å². The zero-order valence-corrected chi connectivity index (χ0v) is 12.4. The lowest BCUT2D eigenvalue weighted by Crippen LogP contribution is -2.29. The number of urea groups is 1. The SMILES string of the molecule is O=C(NCc1ccc(-c2ccoc2)nc1)Nc1c(F)cccc1F. The summed E-state index contributed by atoms with van der Waals surface area (Å²) in [5.41, 5.74) is 1.85. The summed E-state index contributed by atoms with van der Waals surface area (Å²) < 4.78 is 31.9. The van der Waals surface area contributed by atoms with Crippen molar-refractivity contribution in [1.29, 1.82) is 0 Å². The van der Waals surface area contributed by atoms with Gasteiger partial charge < -0.3 is 15.1 Å². The summed E-state index contributed by atoms with van der Waals surface area (Å²) in [6.07, 6.45) is 4.74. The number of halogens is 2. The molecule has 0 aliphatic heterocycles. The lowest BCUT2D eigenvalue weighted by Gasteiger charge is -2.09. The summed E-state index contributed by atoms with van der Waals surface area (Å²) in [6.45, 7) is 0.167. The number of amides is 2. The van der Waals surface area contributed by atoms with Crippen molar-refractivity contribution in [3.05, 3.63) is 72.3 Å². The summed E-state index contributed by atoms with van der Waals surface area (Å²) in [5.74, 6) is -1.67. The van der Waals surface area contributed by atoms with Crippen molar-refractivity contribution in [2.45, 2.75) is 6.54 Å². The molecule has 0 saturated carbocycles. The maximum atomic E-state index is 13.5. The number of carbonyl (C=O) groups excluding carboxylic acids is 1. The predicted molar refractivity (Wildman–Crippen MR) is 84.2 cm³/mol. The number of hydrogen-bond donors (Lipinski definition) is 2. The molecule has 2 aromatic heterocycles. The average Bonchev–Trinajstić information content (AvgIpc) is 3.11. The van der Waals surface area contributed by atoms with Gasteiger partial charge in [0.15, 0.2) is 0 Å². The smallest absolute Gasteiger partial charge is 0.319 e. The number of para-hydroxylation sites is 1. The Morgan fingerprint density at radius 1 is 1.12 bits per heavy atom. The Labute approximate surface area is 136 Å². The second-order valence-corrected chi connectivity index (χ2v) is 4.97. The van der Waals surface area contributed by atoms with Crippen LogP contribution in [0.5, 0.6) is 0 Å². The van der Waals surface area contributed by atoms with E-state index < -0.39 is 23.4 Å². The minimum absolute atomic E-state index is 0.167. The Morgan fingerprint density at radius 2 is 1.92 bits per heavy atom. The maximum Gasteiger partial charge on any atom is 0.319 e. The first-order chi connectivity index (χ1) is 11.6. The van der Waals surface area contributed by atoms with Gasteiger partial charge in [-0.15, -0.1) is 0 Å². The third-order valence-electron chi connectivity index (χ3n) is 3.30. The van der Waals surface area contributed by atoms with Crippen LogP contribution in [0.25, 0.3) is 11.3 Å². The van der Waals surface area contributed by atoms with Crippen molar-refractivity contribution in [3.63, 3.8) is 0 Å². The minimum Gasteiger partial charge on any atom is -0.472 e. The molecule has 0 radical (unpaired) electrons. The Bertz CT molecular complexity index is 813. The molecular weight excluding hydrogens is 316 g/mol. The molecule has 2 N–H and O–H groups in total. The fraction of sp³-hybridized carbons (Fsp3) is 0.0588. The molecule has 24 heavy (non-hydrogen) atoms. The van der Waals surface area contributed by atoms with Gasteiger partial charge in [0.25, 0.3) is 0 Å². The van der Waals surface area contributed by atoms with Gasteiger partial charge in [-0.05, 0) is 29.8 Å². The molecule has 0 saturated heterocycles. The fourth-order valence-corrected chi connectivity index (χ4v) is 2.07. The first-order valence-corrected chi connectivity index (χ1v) is 7.10. The van der Waals surface area contributed by atoms with Gasteiger partial charge in [-0.1, -0.05) is 12.1 Å². The fourth-order valence-electron chi connectivity index (χ4n) is 2.07. The van der Waals surface area contributed by atoms with E-state index in [1.165, 1.54) is 6.07 Å². The molecule has 5 nitrogen and oxygen atoms in total. The van der Waals surface area contributed by atoms with Gasteiger partial charge in [0.1, 0.15) is 17.3 Å². The Morgan fingerprint density at radius 3 is 2.54 bits per heavy atom. The summed E-state index contributed by atoms with van der Waals surface area (Å²) in [5, 5.41) is 4.66. The molecule has 0 spiro atoms. The van der Waals surface area contributed by atoms with Crippen LogP contribution in [0.1, 0.15) is 5.56 Å². The highest BCUT2D eigenvalue weighted by molar-refractivity contribution is 5.89. The third kappa shape index (κ3) is 3.57. The topological polar surface area (TPSA) is 67.2 Å². The molecule has 7 heteroatoms. The van der Waals surface area contributed by atoms with Gasteiger partial charge >= 0.3 is 6.03 Å². The summed E-state index contributed by atoms with van der Waals surface area (Å²) in [7, 11) is 0. The predicted octanol–water partition coefficient (Wildman–Crippen LogP) is 3.94. The van der Waals surface area contributed by atoms with Crippen LogP contribution in [-0.4, -0.2) is 11.0 Å². The van der Waals surface area contributed by atoms with E-state index in [-0.39, 0.29) is 6.54 Å².